The largest absolute Gasteiger partial charge is 0.353 e. The molecule has 7 heteroatoms. The van der Waals surface area contributed by atoms with Crippen LogP contribution < -0.4 is 10.0 Å². The molecule has 2 heterocycles. The first-order valence-corrected chi connectivity index (χ1v) is 7.95. The van der Waals surface area contributed by atoms with Crippen LogP contribution in [0.3, 0.4) is 0 Å². The van der Waals surface area contributed by atoms with E-state index < -0.39 is 10.0 Å². The highest BCUT2D eigenvalue weighted by Crippen LogP contribution is 2.22. The van der Waals surface area contributed by atoms with Crippen LogP contribution in [0.5, 0.6) is 0 Å². The molecule has 1 aromatic heterocycles. The van der Waals surface area contributed by atoms with Crippen molar-refractivity contribution in [2.75, 3.05) is 37.6 Å². The molecule has 1 aromatic rings. The molecule has 1 aliphatic rings. The lowest BCUT2D eigenvalue weighted by Gasteiger charge is -2.35. The maximum Gasteiger partial charge on any atom is 0.241 e. The summed E-state index contributed by atoms with van der Waals surface area (Å²) in [6, 6.07) is 3.06. The third-order valence-electron chi connectivity index (χ3n) is 3.30. The number of primary sulfonamides is 1. The molecule has 2 N–H and O–H groups in total. The van der Waals surface area contributed by atoms with Gasteiger partial charge in [-0.25, -0.2) is 18.5 Å². The van der Waals surface area contributed by atoms with Crippen molar-refractivity contribution >= 4 is 15.8 Å². The lowest BCUT2D eigenvalue weighted by atomic mass is 10.3. The molecular formula is C13H18N4O2S. The average molecular weight is 294 g/mol. The highest BCUT2D eigenvalue weighted by molar-refractivity contribution is 7.89. The number of hydrogen-bond donors (Lipinski definition) is 1. The fourth-order valence-electron chi connectivity index (χ4n) is 2.25. The van der Waals surface area contributed by atoms with Gasteiger partial charge in [-0.2, -0.15) is 0 Å². The summed E-state index contributed by atoms with van der Waals surface area (Å²) >= 11 is 0. The number of sulfonamides is 1. The van der Waals surface area contributed by atoms with Crippen molar-refractivity contribution in [2.24, 2.45) is 5.14 Å². The molecule has 0 atom stereocenters. The zero-order valence-corrected chi connectivity index (χ0v) is 12.0. The Morgan fingerprint density at radius 1 is 1.35 bits per heavy atom. The van der Waals surface area contributed by atoms with Gasteiger partial charge in [0, 0.05) is 45.3 Å². The van der Waals surface area contributed by atoms with E-state index in [1.165, 1.54) is 6.07 Å². The molecule has 1 aliphatic heterocycles. The van der Waals surface area contributed by atoms with Gasteiger partial charge in [-0.1, -0.05) is 0 Å². The summed E-state index contributed by atoms with van der Waals surface area (Å²) in [5.74, 6) is 3.06. The van der Waals surface area contributed by atoms with Crippen LogP contribution >= 0.6 is 0 Å². The minimum absolute atomic E-state index is 0.0806. The van der Waals surface area contributed by atoms with Gasteiger partial charge in [-0.3, -0.25) is 4.90 Å². The molecular weight excluding hydrogens is 276 g/mol. The fraction of sp³-hybridized carbons (Fsp3) is 0.462. The molecule has 0 bridgehead atoms. The van der Waals surface area contributed by atoms with Crippen molar-refractivity contribution in [3.8, 4) is 12.3 Å². The van der Waals surface area contributed by atoms with Gasteiger partial charge in [0.15, 0.2) is 0 Å². The summed E-state index contributed by atoms with van der Waals surface area (Å²) in [6.07, 6.45) is 7.56. The van der Waals surface area contributed by atoms with E-state index in [1.54, 1.807) is 12.3 Å². The number of hydrogen-bond acceptors (Lipinski definition) is 5. The van der Waals surface area contributed by atoms with Crippen LogP contribution in [-0.4, -0.2) is 51.0 Å². The molecule has 0 aromatic carbocycles. The zero-order chi connectivity index (χ0) is 14.6. The maximum absolute atomic E-state index is 11.6. The van der Waals surface area contributed by atoms with Crippen molar-refractivity contribution < 1.29 is 8.42 Å². The first kappa shape index (κ1) is 14.8. The predicted octanol–water partition coefficient (Wildman–Crippen LogP) is -0.126. The Morgan fingerprint density at radius 2 is 2.05 bits per heavy atom. The Morgan fingerprint density at radius 3 is 2.65 bits per heavy atom. The van der Waals surface area contributed by atoms with Crippen molar-refractivity contribution in [2.45, 2.75) is 11.3 Å². The van der Waals surface area contributed by atoms with E-state index >= 15 is 0 Å². The number of rotatable bonds is 4. The number of nitrogens with two attached hydrogens (primary N) is 1. The number of anilines is 1. The summed E-state index contributed by atoms with van der Waals surface area (Å²) in [5, 5.41) is 5.23. The van der Waals surface area contributed by atoms with Crippen LogP contribution in [-0.2, 0) is 10.0 Å². The third-order valence-corrected chi connectivity index (χ3v) is 4.23. The van der Waals surface area contributed by atoms with Gasteiger partial charge in [0.05, 0.1) is 0 Å². The van der Waals surface area contributed by atoms with Crippen LogP contribution in [0.2, 0.25) is 0 Å². The van der Waals surface area contributed by atoms with Crippen molar-refractivity contribution in [3.63, 3.8) is 0 Å². The Labute approximate surface area is 119 Å². The third kappa shape index (κ3) is 3.48. The van der Waals surface area contributed by atoms with E-state index in [0.717, 1.165) is 26.1 Å². The van der Waals surface area contributed by atoms with Gasteiger partial charge >= 0.3 is 0 Å². The fourth-order valence-corrected chi connectivity index (χ4v) is 2.95. The molecule has 0 unspecified atom stereocenters. The van der Waals surface area contributed by atoms with Crippen molar-refractivity contribution in [1.82, 2.24) is 9.88 Å². The van der Waals surface area contributed by atoms with Gasteiger partial charge in [0.25, 0.3) is 0 Å². The lowest BCUT2D eigenvalue weighted by Crippen LogP contribution is -2.47. The molecule has 0 radical (unpaired) electrons. The van der Waals surface area contributed by atoms with Gasteiger partial charge in [-0.15, -0.1) is 12.3 Å². The molecule has 1 saturated heterocycles. The molecule has 0 spiro atoms. The Balaban J connectivity index is 2.10. The van der Waals surface area contributed by atoms with E-state index in [9.17, 15) is 8.42 Å². The summed E-state index contributed by atoms with van der Waals surface area (Å²) in [4.78, 5) is 8.46. The van der Waals surface area contributed by atoms with Crippen LogP contribution in [0.1, 0.15) is 6.42 Å². The van der Waals surface area contributed by atoms with E-state index in [0.29, 0.717) is 18.9 Å². The topological polar surface area (TPSA) is 79.5 Å². The molecule has 20 heavy (non-hydrogen) atoms. The van der Waals surface area contributed by atoms with Crippen LogP contribution in [0.15, 0.2) is 23.2 Å². The number of piperazine rings is 1. The second-order valence-corrected chi connectivity index (χ2v) is 6.18. The molecule has 108 valence electrons. The predicted molar refractivity (Wildman–Crippen MR) is 77.7 cm³/mol. The highest BCUT2D eigenvalue weighted by atomic mass is 32.2. The Hall–Kier alpha value is -1.62. The first-order valence-electron chi connectivity index (χ1n) is 6.41. The van der Waals surface area contributed by atoms with Gasteiger partial charge < -0.3 is 4.90 Å². The van der Waals surface area contributed by atoms with Crippen LogP contribution in [0, 0.1) is 12.3 Å². The second kappa shape index (κ2) is 6.22. The van der Waals surface area contributed by atoms with Crippen LogP contribution in [0.4, 0.5) is 5.82 Å². The molecule has 0 aliphatic carbocycles. The highest BCUT2D eigenvalue weighted by Gasteiger charge is 2.23. The zero-order valence-electron chi connectivity index (χ0n) is 11.2. The minimum atomic E-state index is -3.75. The summed E-state index contributed by atoms with van der Waals surface area (Å²) in [7, 11) is -3.75. The number of nitrogens with zero attached hydrogens (tertiary/aromatic N) is 3. The molecule has 6 nitrogen and oxygen atoms in total. The van der Waals surface area contributed by atoms with E-state index in [4.69, 9.17) is 11.6 Å². The van der Waals surface area contributed by atoms with E-state index in [2.05, 4.69) is 15.8 Å². The van der Waals surface area contributed by atoms with Crippen molar-refractivity contribution in [3.05, 3.63) is 18.3 Å². The molecule has 2 rings (SSSR count). The smallest absolute Gasteiger partial charge is 0.241 e. The molecule has 0 saturated carbocycles. The monoisotopic (exact) mass is 294 g/mol. The van der Waals surface area contributed by atoms with E-state index in [1.807, 2.05) is 4.90 Å². The summed E-state index contributed by atoms with van der Waals surface area (Å²) in [6.45, 7) is 3.97. The van der Waals surface area contributed by atoms with Crippen molar-refractivity contribution in [1.29, 1.82) is 0 Å². The normalized spacial score (nSPS) is 16.9. The number of pyridine rings is 1. The molecule has 1 fully saturated rings. The van der Waals surface area contributed by atoms with Crippen LogP contribution in [0.25, 0.3) is 0 Å². The standard InChI is InChI=1S/C13H18N4O2S/c1-2-3-7-16-8-10-17(11-9-16)13-12(20(14,18)19)5-4-6-15-13/h1,4-6H,3,7-11H2,(H2,14,18,19). The Kier molecular flexibility index (Phi) is 4.60. The second-order valence-electron chi connectivity index (χ2n) is 4.65. The van der Waals surface area contributed by atoms with Gasteiger partial charge in [-0.05, 0) is 12.1 Å². The number of aromatic nitrogens is 1. The maximum atomic E-state index is 11.6. The van der Waals surface area contributed by atoms with Gasteiger partial charge in [0.1, 0.15) is 10.7 Å². The van der Waals surface area contributed by atoms with Gasteiger partial charge in [0.2, 0.25) is 10.0 Å². The van der Waals surface area contributed by atoms with E-state index in [-0.39, 0.29) is 4.90 Å². The number of terminal acetylenes is 1. The average Bonchev–Trinajstić information content (AvgIpc) is 2.45. The lowest BCUT2D eigenvalue weighted by molar-refractivity contribution is 0.263. The summed E-state index contributed by atoms with van der Waals surface area (Å²) < 4.78 is 23.2. The quantitative estimate of drug-likeness (QED) is 0.783. The molecule has 0 amide bonds. The Bertz CT molecular complexity index is 601. The minimum Gasteiger partial charge on any atom is -0.353 e. The SMILES string of the molecule is C#CCCN1CCN(c2ncccc2S(N)(=O)=O)CC1. The summed E-state index contributed by atoms with van der Waals surface area (Å²) in [5.41, 5.74) is 0. The first-order chi connectivity index (χ1) is 9.52.